The van der Waals surface area contributed by atoms with Gasteiger partial charge < -0.3 is 4.57 Å². The third kappa shape index (κ3) is 2.87. The van der Waals surface area contributed by atoms with Gasteiger partial charge in [0.2, 0.25) is 0 Å². The molecule has 4 nitrogen and oxygen atoms in total. The molecule has 1 heterocycles. The van der Waals surface area contributed by atoms with Crippen molar-refractivity contribution in [1.82, 2.24) is 9.13 Å². The molecule has 2 rings (SSSR count). The Kier molecular flexibility index (Phi) is 4.17. The quantitative estimate of drug-likeness (QED) is 0.856. The van der Waals surface area contributed by atoms with E-state index in [1.165, 1.54) is 29.0 Å². The first-order chi connectivity index (χ1) is 9.52. The van der Waals surface area contributed by atoms with Crippen LogP contribution in [0.4, 0.5) is 4.39 Å². The van der Waals surface area contributed by atoms with Crippen molar-refractivity contribution >= 4 is 0 Å². The van der Waals surface area contributed by atoms with E-state index in [0.717, 1.165) is 16.6 Å². The van der Waals surface area contributed by atoms with Gasteiger partial charge in [0.15, 0.2) is 0 Å². The van der Waals surface area contributed by atoms with Crippen LogP contribution < -0.4 is 11.2 Å². The Morgan fingerprint density at radius 2 is 1.95 bits per heavy atom. The van der Waals surface area contributed by atoms with E-state index in [1.54, 1.807) is 6.07 Å². The van der Waals surface area contributed by atoms with Crippen molar-refractivity contribution in [3.05, 3.63) is 68.2 Å². The van der Waals surface area contributed by atoms with Gasteiger partial charge in [-0.3, -0.25) is 9.36 Å². The second-order valence-electron chi connectivity index (χ2n) is 4.79. The molecule has 1 aromatic heterocycles. The lowest BCUT2D eigenvalue weighted by atomic mass is 10.1. The highest BCUT2D eigenvalue weighted by molar-refractivity contribution is 5.26. The Morgan fingerprint density at radius 1 is 1.20 bits per heavy atom. The fraction of sp³-hybridized carbons (Fsp3) is 0.333. The lowest BCUT2D eigenvalue weighted by Gasteiger charge is -2.10. The van der Waals surface area contributed by atoms with Crippen molar-refractivity contribution in [2.75, 3.05) is 0 Å². The zero-order valence-corrected chi connectivity index (χ0v) is 11.6. The summed E-state index contributed by atoms with van der Waals surface area (Å²) < 4.78 is 15.9. The molecule has 0 atom stereocenters. The second-order valence-corrected chi connectivity index (χ2v) is 4.79. The molecule has 0 aliphatic carbocycles. The SMILES string of the molecule is CCCn1ccc(=O)n(Cc2cc(F)ccc2C)c1=O. The largest absolute Gasteiger partial charge is 0.331 e. The van der Waals surface area contributed by atoms with Crippen molar-refractivity contribution in [3.8, 4) is 0 Å². The highest BCUT2D eigenvalue weighted by atomic mass is 19.1. The van der Waals surface area contributed by atoms with Gasteiger partial charge in [0, 0.05) is 18.8 Å². The van der Waals surface area contributed by atoms with Crippen molar-refractivity contribution in [1.29, 1.82) is 0 Å². The summed E-state index contributed by atoms with van der Waals surface area (Å²) in [6, 6.07) is 5.73. The topological polar surface area (TPSA) is 44.0 Å². The molecule has 2 aromatic rings. The zero-order valence-electron chi connectivity index (χ0n) is 11.6. The Labute approximate surface area is 116 Å². The van der Waals surface area contributed by atoms with Crippen LogP contribution in [-0.2, 0) is 13.1 Å². The fourth-order valence-corrected chi connectivity index (χ4v) is 2.09. The Bertz CT molecular complexity index is 731. The fourth-order valence-electron chi connectivity index (χ4n) is 2.09. The number of hydrogen-bond donors (Lipinski definition) is 0. The molecule has 0 bridgehead atoms. The van der Waals surface area contributed by atoms with Gasteiger partial charge in [-0.2, -0.15) is 0 Å². The molecule has 0 spiro atoms. The van der Waals surface area contributed by atoms with Crippen molar-refractivity contribution in [3.63, 3.8) is 0 Å². The first-order valence-electron chi connectivity index (χ1n) is 6.58. The third-order valence-corrected chi connectivity index (χ3v) is 3.24. The predicted molar refractivity (Wildman–Crippen MR) is 75.5 cm³/mol. The molecule has 0 N–H and O–H groups in total. The minimum atomic E-state index is -0.372. The van der Waals surface area contributed by atoms with Crippen molar-refractivity contribution < 1.29 is 4.39 Å². The van der Waals surface area contributed by atoms with E-state index in [-0.39, 0.29) is 23.6 Å². The molecule has 0 aliphatic rings. The van der Waals surface area contributed by atoms with Crippen LogP contribution in [0.5, 0.6) is 0 Å². The van der Waals surface area contributed by atoms with E-state index in [1.807, 2.05) is 13.8 Å². The summed E-state index contributed by atoms with van der Waals surface area (Å²) in [6.45, 7) is 4.43. The van der Waals surface area contributed by atoms with E-state index in [2.05, 4.69) is 0 Å². The van der Waals surface area contributed by atoms with Crippen LogP contribution in [0.15, 0.2) is 40.1 Å². The number of halogens is 1. The molecule has 20 heavy (non-hydrogen) atoms. The average molecular weight is 276 g/mol. The lowest BCUT2D eigenvalue weighted by molar-refractivity contribution is 0.567. The molecular formula is C15H17FN2O2. The molecule has 0 fully saturated rings. The summed E-state index contributed by atoms with van der Waals surface area (Å²) in [5.41, 5.74) is 0.760. The maximum Gasteiger partial charge on any atom is 0.331 e. The lowest BCUT2D eigenvalue weighted by Crippen LogP contribution is -2.39. The van der Waals surface area contributed by atoms with E-state index >= 15 is 0 Å². The van der Waals surface area contributed by atoms with Gasteiger partial charge in [-0.25, -0.2) is 9.18 Å². The van der Waals surface area contributed by atoms with Crippen LogP contribution in [0.2, 0.25) is 0 Å². The second kappa shape index (κ2) is 5.86. The van der Waals surface area contributed by atoms with Gasteiger partial charge >= 0.3 is 5.69 Å². The number of aromatic nitrogens is 2. The molecule has 5 heteroatoms. The zero-order chi connectivity index (χ0) is 14.7. The molecule has 0 amide bonds. The summed E-state index contributed by atoms with van der Waals surface area (Å²) in [6.07, 6.45) is 2.31. The smallest absolute Gasteiger partial charge is 0.300 e. The van der Waals surface area contributed by atoms with Crippen LogP contribution in [-0.4, -0.2) is 9.13 Å². The standard InChI is InChI=1S/C15H17FN2O2/c1-3-7-17-8-6-14(19)18(15(17)20)10-12-9-13(16)5-4-11(12)2/h4-6,8-9H,3,7,10H2,1-2H3. The minimum absolute atomic E-state index is 0.0891. The number of benzene rings is 1. The summed E-state index contributed by atoms with van der Waals surface area (Å²) in [7, 11) is 0. The molecule has 1 aromatic carbocycles. The number of aryl methyl sites for hydroxylation is 2. The number of nitrogens with zero attached hydrogens (tertiary/aromatic N) is 2. The number of rotatable bonds is 4. The maximum absolute atomic E-state index is 13.3. The van der Waals surface area contributed by atoms with Gasteiger partial charge in [0.05, 0.1) is 6.54 Å². The first kappa shape index (κ1) is 14.2. The molecule has 0 radical (unpaired) electrons. The summed E-state index contributed by atoms with van der Waals surface area (Å²) in [5.74, 6) is -0.372. The van der Waals surface area contributed by atoms with Crippen LogP contribution in [0.3, 0.4) is 0 Å². The normalized spacial score (nSPS) is 10.8. The van der Waals surface area contributed by atoms with Gasteiger partial charge in [-0.05, 0) is 36.6 Å². The highest BCUT2D eigenvalue weighted by Gasteiger charge is 2.08. The van der Waals surface area contributed by atoms with Gasteiger partial charge in [-0.15, -0.1) is 0 Å². The molecule has 0 aliphatic heterocycles. The van der Waals surface area contributed by atoms with Crippen LogP contribution >= 0.6 is 0 Å². The van der Waals surface area contributed by atoms with E-state index in [4.69, 9.17) is 0 Å². The summed E-state index contributed by atoms with van der Waals surface area (Å²) in [5, 5.41) is 0. The van der Waals surface area contributed by atoms with Crippen LogP contribution in [0, 0.1) is 12.7 Å². The minimum Gasteiger partial charge on any atom is -0.300 e. The molecule has 106 valence electrons. The van der Waals surface area contributed by atoms with E-state index in [9.17, 15) is 14.0 Å². The van der Waals surface area contributed by atoms with Gasteiger partial charge in [-0.1, -0.05) is 13.0 Å². The van der Waals surface area contributed by atoms with E-state index < -0.39 is 0 Å². The monoisotopic (exact) mass is 276 g/mol. The van der Waals surface area contributed by atoms with Gasteiger partial charge in [0.25, 0.3) is 5.56 Å². The first-order valence-corrected chi connectivity index (χ1v) is 6.58. The van der Waals surface area contributed by atoms with Crippen LogP contribution in [0.1, 0.15) is 24.5 Å². The Morgan fingerprint density at radius 3 is 2.65 bits per heavy atom. The average Bonchev–Trinajstić information content (AvgIpc) is 2.42. The highest BCUT2D eigenvalue weighted by Crippen LogP contribution is 2.10. The van der Waals surface area contributed by atoms with Crippen molar-refractivity contribution in [2.45, 2.75) is 33.4 Å². The molecule has 0 saturated heterocycles. The maximum atomic E-state index is 13.3. The van der Waals surface area contributed by atoms with Crippen molar-refractivity contribution in [2.24, 2.45) is 0 Å². The van der Waals surface area contributed by atoms with Gasteiger partial charge in [0.1, 0.15) is 5.82 Å². The summed E-state index contributed by atoms with van der Waals surface area (Å²) in [4.78, 5) is 24.1. The number of hydrogen-bond acceptors (Lipinski definition) is 2. The molecule has 0 unspecified atom stereocenters. The Hall–Kier alpha value is -2.17. The molecular weight excluding hydrogens is 259 g/mol. The molecule has 0 saturated carbocycles. The van der Waals surface area contributed by atoms with E-state index in [0.29, 0.717) is 12.1 Å². The Balaban J connectivity index is 2.48. The summed E-state index contributed by atoms with van der Waals surface area (Å²) >= 11 is 0. The predicted octanol–water partition coefficient (Wildman–Crippen LogP) is 1.92. The van der Waals surface area contributed by atoms with Crippen LogP contribution in [0.25, 0.3) is 0 Å². The third-order valence-electron chi connectivity index (χ3n) is 3.24.